The Morgan fingerprint density at radius 1 is 1.07 bits per heavy atom. The number of amides is 2. The standard InChI is InChI=1S/C29H29ClF2N6O4/c1-42-16-25(39)36-24-11-10-20(14-33-24)38-23-5-3-2-4-22(23)37(29(38)41)15-17-6-8-19(9-7-17)35-28(40)21-12-18(30)13-34-26(21)27(31)32/h2-5,10-14,17,19,27H,6-9,15-16H2,1H3,(H,35,40)(H,33,36,39). The number of halogens is 3. The van der Waals surface area contributed by atoms with Crippen molar-refractivity contribution in [3.8, 4) is 5.69 Å². The van der Waals surface area contributed by atoms with Crippen LogP contribution < -0.4 is 16.3 Å². The summed E-state index contributed by atoms with van der Waals surface area (Å²) in [4.78, 5) is 46.1. The monoisotopic (exact) mass is 598 g/mol. The summed E-state index contributed by atoms with van der Waals surface area (Å²) in [5.74, 6) is -0.435. The molecule has 3 aromatic heterocycles. The molecule has 5 rings (SSSR count). The van der Waals surface area contributed by atoms with Gasteiger partial charge in [-0.2, -0.15) is 0 Å². The van der Waals surface area contributed by atoms with Crippen molar-refractivity contribution in [3.63, 3.8) is 0 Å². The Balaban J connectivity index is 1.28. The van der Waals surface area contributed by atoms with E-state index in [0.717, 1.165) is 30.1 Å². The fourth-order valence-electron chi connectivity index (χ4n) is 5.35. The number of nitrogens with zero attached hydrogens (tertiary/aromatic N) is 4. The molecule has 1 aliphatic rings. The van der Waals surface area contributed by atoms with Gasteiger partial charge in [-0.15, -0.1) is 0 Å². The minimum absolute atomic E-state index is 0.0936. The molecule has 0 atom stereocenters. The number of aromatic nitrogens is 4. The van der Waals surface area contributed by atoms with Gasteiger partial charge < -0.3 is 15.4 Å². The van der Waals surface area contributed by atoms with Crippen LogP contribution in [0.25, 0.3) is 16.7 Å². The molecule has 1 saturated carbocycles. The number of anilines is 1. The quantitative estimate of drug-likeness (QED) is 0.287. The van der Waals surface area contributed by atoms with Gasteiger partial charge in [-0.1, -0.05) is 23.7 Å². The van der Waals surface area contributed by atoms with E-state index < -0.39 is 18.0 Å². The van der Waals surface area contributed by atoms with E-state index in [-0.39, 0.29) is 40.7 Å². The molecule has 0 saturated heterocycles. The van der Waals surface area contributed by atoms with Gasteiger partial charge in [-0.3, -0.25) is 23.7 Å². The number of rotatable bonds is 9. The molecule has 0 radical (unpaired) electrons. The van der Waals surface area contributed by atoms with Crippen LogP contribution in [0.3, 0.4) is 0 Å². The van der Waals surface area contributed by atoms with Crippen LogP contribution in [0.5, 0.6) is 0 Å². The maximum Gasteiger partial charge on any atom is 0.333 e. The van der Waals surface area contributed by atoms with Crippen molar-refractivity contribution in [1.29, 1.82) is 0 Å². The Morgan fingerprint density at radius 3 is 2.48 bits per heavy atom. The normalized spacial score (nSPS) is 17.0. The molecule has 220 valence electrons. The van der Waals surface area contributed by atoms with Gasteiger partial charge in [0, 0.05) is 25.9 Å². The van der Waals surface area contributed by atoms with Crippen LogP contribution in [-0.2, 0) is 16.1 Å². The maximum absolute atomic E-state index is 13.7. The second-order valence-electron chi connectivity index (χ2n) is 10.2. The van der Waals surface area contributed by atoms with Gasteiger partial charge in [0.2, 0.25) is 0 Å². The van der Waals surface area contributed by atoms with Gasteiger partial charge >= 0.3 is 5.69 Å². The van der Waals surface area contributed by atoms with Gasteiger partial charge in [0.25, 0.3) is 18.2 Å². The number of pyridine rings is 2. The number of benzene rings is 1. The first kappa shape index (κ1) is 29.3. The molecule has 1 fully saturated rings. The van der Waals surface area contributed by atoms with Crippen LogP contribution in [0.15, 0.2) is 59.7 Å². The van der Waals surface area contributed by atoms with E-state index >= 15 is 0 Å². The van der Waals surface area contributed by atoms with Crippen LogP contribution in [-0.4, -0.2) is 50.7 Å². The largest absolute Gasteiger partial charge is 0.375 e. The Morgan fingerprint density at radius 2 is 1.81 bits per heavy atom. The Kier molecular flexibility index (Phi) is 8.93. The molecule has 0 bridgehead atoms. The number of hydrogen-bond donors (Lipinski definition) is 2. The van der Waals surface area contributed by atoms with Gasteiger partial charge in [-0.25, -0.2) is 18.6 Å². The molecule has 10 nitrogen and oxygen atoms in total. The van der Waals surface area contributed by atoms with E-state index in [1.165, 1.54) is 19.4 Å². The van der Waals surface area contributed by atoms with E-state index in [1.54, 1.807) is 21.3 Å². The number of nitrogens with one attached hydrogen (secondary N) is 2. The Bertz CT molecular complexity index is 1650. The predicted octanol–water partition coefficient (Wildman–Crippen LogP) is 4.75. The molecule has 1 aliphatic carbocycles. The Hall–Kier alpha value is -4.16. The number of carbonyl (C=O) groups is 2. The highest BCUT2D eigenvalue weighted by molar-refractivity contribution is 6.30. The lowest BCUT2D eigenvalue weighted by molar-refractivity contribution is -0.119. The number of imidazole rings is 1. The van der Waals surface area contributed by atoms with Gasteiger partial charge in [-0.05, 0) is 61.9 Å². The van der Waals surface area contributed by atoms with Crippen molar-refractivity contribution in [1.82, 2.24) is 24.4 Å². The van der Waals surface area contributed by atoms with Crippen molar-refractivity contribution in [3.05, 3.63) is 81.6 Å². The van der Waals surface area contributed by atoms with Crippen molar-refractivity contribution in [2.75, 3.05) is 19.0 Å². The lowest BCUT2D eigenvalue weighted by Gasteiger charge is -2.29. The summed E-state index contributed by atoms with van der Waals surface area (Å²) in [5, 5.41) is 5.59. The fourth-order valence-corrected chi connectivity index (χ4v) is 5.51. The summed E-state index contributed by atoms with van der Waals surface area (Å²) in [6.45, 7) is 0.392. The molecule has 2 amide bonds. The zero-order valence-electron chi connectivity index (χ0n) is 22.7. The molecule has 2 N–H and O–H groups in total. The van der Waals surface area contributed by atoms with Crippen LogP contribution in [0.2, 0.25) is 5.02 Å². The third-order valence-electron chi connectivity index (χ3n) is 7.34. The third kappa shape index (κ3) is 6.34. The molecule has 0 spiro atoms. The van der Waals surface area contributed by atoms with E-state index in [2.05, 4.69) is 20.6 Å². The summed E-state index contributed by atoms with van der Waals surface area (Å²) in [6, 6.07) is 11.9. The van der Waals surface area contributed by atoms with Crippen molar-refractivity contribution >= 4 is 40.3 Å². The summed E-state index contributed by atoms with van der Waals surface area (Å²) in [6.07, 6.45) is 2.50. The van der Waals surface area contributed by atoms with E-state index in [4.69, 9.17) is 16.3 Å². The van der Waals surface area contributed by atoms with E-state index in [1.807, 2.05) is 24.3 Å². The maximum atomic E-state index is 13.7. The number of fused-ring (bicyclic) bond motifs is 1. The Labute approximate surface area is 244 Å². The molecule has 13 heteroatoms. The van der Waals surface area contributed by atoms with Crippen LogP contribution >= 0.6 is 11.6 Å². The lowest BCUT2D eigenvalue weighted by Crippen LogP contribution is -2.39. The first-order valence-corrected chi connectivity index (χ1v) is 13.8. The lowest BCUT2D eigenvalue weighted by atomic mass is 9.85. The first-order valence-electron chi connectivity index (χ1n) is 13.4. The van der Waals surface area contributed by atoms with E-state index in [0.29, 0.717) is 30.9 Å². The molecule has 1 aromatic carbocycles. The van der Waals surface area contributed by atoms with Gasteiger partial charge in [0.15, 0.2) is 0 Å². The second-order valence-corrected chi connectivity index (χ2v) is 10.6. The minimum atomic E-state index is -2.89. The highest BCUT2D eigenvalue weighted by atomic mass is 35.5. The van der Waals surface area contributed by atoms with Crippen molar-refractivity contribution in [2.45, 2.75) is 44.7 Å². The number of methoxy groups -OCH3 is 1. The number of hydrogen-bond acceptors (Lipinski definition) is 6. The van der Waals surface area contributed by atoms with Gasteiger partial charge in [0.1, 0.15) is 18.1 Å². The minimum Gasteiger partial charge on any atom is -0.375 e. The van der Waals surface area contributed by atoms with E-state index in [9.17, 15) is 23.2 Å². The van der Waals surface area contributed by atoms with Gasteiger partial charge in [0.05, 0.1) is 33.5 Å². The summed E-state index contributed by atoms with van der Waals surface area (Å²) >= 11 is 5.90. The number of para-hydroxylation sites is 2. The number of ether oxygens (including phenoxy) is 1. The molecule has 4 aromatic rings. The molecule has 0 unspecified atom stereocenters. The highest BCUT2D eigenvalue weighted by Gasteiger charge is 2.27. The summed E-state index contributed by atoms with van der Waals surface area (Å²) in [7, 11) is 1.43. The van der Waals surface area contributed by atoms with Crippen LogP contribution in [0, 0.1) is 5.92 Å². The zero-order chi connectivity index (χ0) is 29.8. The molecule has 0 aliphatic heterocycles. The second kappa shape index (κ2) is 12.8. The molecular formula is C29H29ClF2N6O4. The molecular weight excluding hydrogens is 570 g/mol. The average molecular weight is 599 g/mol. The zero-order valence-corrected chi connectivity index (χ0v) is 23.5. The summed E-state index contributed by atoms with van der Waals surface area (Å²) < 4.78 is 34.9. The fraction of sp³-hybridized carbons (Fsp3) is 0.345. The van der Waals surface area contributed by atoms with Crippen LogP contribution in [0.4, 0.5) is 14.6 Å². The van der Waals surface area contributed by atoms with Crippen molar-refractivity contribution < 1.29 is 23.1 Å². The van der Waals surface area contributed by atoms with Crippen molar-refractivity contribution in [2.24, 2.45) is 5.92 Å². The van der Waals surface area contributed by atoms with Crippen LogP contribution in [0.1, 0.15) is 48.2 Å². The highest BCUT2D eigenvalue weighted by Crippen LogP contribution is 2.29. The molecule has 3 heterocycles. The smallest absolute Gasteiger partial charge is 0.333 e. The third-order valence-corrected chi connectivity index (χ3v) is 7.55. The molecule has 42 heavy (non-hydrogen) atoms. The number of carbonyl (C=O) groups excluding carboxylic acids is 2. The predicted molar refractivity (Wildman–Crippen MR) is 153 cm³/mol. The number of alkyl halides is 2. The summed E-state index contributed by atoms with van der Waals surface area (Å²) in [5.41, 5.74) is 1.04. The average Bonchev–Trinajstić information content (AvgIpc) is 3.25. The SMILES string of the molecule is COCC(=O)Nc1ccc(-n2c(=O)n(CC3CCC(NC(=O)c4cc(Cl)cnc4C(F)F)CC3)c3ccccc32)cn1. The topological polar surface area (TPSA) is 120 Å². The first-order chi connectivity index (χ1) is 20.2.